The number of hydrogen-bond donors (Lipinski definition) is 1. The molecule has 0 aliphatic heterocycles. The van der Waals surface area contributed by atoms with E-state index < -0.39 is 0 Å². The summed E-state index contributed by atoms with van der Waals surface area (Å²) in [6.45, 7) is 0.385. The average Bonchev–Trinajstić information content (AvgIpc) is 2.95. The summed E-state index contributed by atoms with van der Waals surface area (Å²) in [6.07, 6.45) is 3.91. The van der Waals surface area contributed by atoms with Gasteiger partial charge < -0.3 is 10.5 Å². The predicted octanol–water partition coefficient (Wildman–Crippen LogP) is 1.48. The summed E-state index contributed by atoms with van der Waals surface area (Å²) in [5, 5.41) is 4.30. The molecule has 100 valence electrons. The Hall–Kier alpha value is -2.14. The van der Waals surface area contributed by atoms with Gasteiger partial charge in [-0.25, -0.2) is 4.68 Å². The first-order valence-electron chi connectivity index (χ1n) is 6.11. The molecule has 1 aromatic heterocycles. The molecule has 0 saturated heterocycles. The fourth-order valence-electron chi connectivity index (χ4n) is 1.89. The summed E-state index contributed by atoms with van der Waals surface area (Å²) < 4.78 is 6.45. The van der Waals surface area contributed by atoms with Crippen molar-refractivity contribution < 1.29 is 9.53 Å². The smallest absolute Gasteiger partial charge is 0.306 e. The van der Waals surface area contributed by atoms with Gasteiger partial charge in [-0.2, -0.15) is 5.10 Å². The van der Waals surface area contributed by atoms with Gasteiger partial charge in [0.15, 0.2) is 0 Å². The molecule has 2 aromatic rings. The van der Waals surface area contributed by atoms with Gasteiger partial charge in [0.1, 0.15) is 0 Å². The van der Waals surface area contributed by atoms with Crippen LogP contribution in [-0.2, 0) is 9.53 Å². The van der Waals surface area contributed by atoms with Crippen molar-refractivity contribution in [1.29, 1.82) is 0 Å². The largest absolute Gasteiger partial charge is 0.469 e. The van der Waals surface area contributed by atoms with Crippen molar-refractivity contribution in [3.8, 4) is 5.69 Å². The second-order valence-corrected chi connectivity index (χ2v) is 4.27. The van der Waals surface area contributed by atoms with Gasteiger partial charge in [0, 0.05) is 12.1 Å². The summed E-state index contributed by atoms with van der Waals surface area (Å²) in [5.74, 6) is -0.326. The van der Waals surface area contributed by atoms with E-state index in [0.717, 1.165) is 11.3 Å². The Kier molecular flexibility index (Phi) is 4.30. The zero-order valence-electron chi connectivity index (χ0n) is 10.8. The molecule has 2 rings (SSSR count). The lowest BCUT2D eigenvalue weighted by Crippen LogP contribution is -2.16. The van der Waals surface area contributed by atoms with Crippen LogP contribution in [0.2, 0.25) is 0 Å². The molecule has 1 atom stereocenters. The van der Waals surface area contributed by atoms with Crippen molar-refractivity contribution in [3.63, 3.8) is 0 Å². The molecular weight excluding hydrogens is 242 g/mol. The van der Waals surface area contributed by atoms with Gasteiger partial charge in [0.25, 0.3) is 0 Å². The number of para-hydroxylation sites is 1. The van der Waals surface area contributed by atoms with Crippen LogP contribution in [0.3, 0.4) is 0 Å². The van der Waals surface area contributed by atoms with E-state index in [9.17, 15) is 4.79 Å². The molecule has 0 radical (unpaired) electrons. The van der Waals surface area contributed by atoms with Gasteiger partial charge in [-0.15, -0.1) is 0 Å². The molecule has 5 heteroatoms. The highest BCUT2D eigenvalue weighted by molar-refractivity contribution is 5.70. The van der Waals surface area contributed by atoms with Crippen LogP contribution in [0.5, 0.6) is 0 Å². The number of hydrogen-bond acceptors (Lipinski definition) is 4. The summed E-state index contributed by atoms with van der Waals surface area (Å²) in [6, 6.07) is 9.79. The summed E-state index contributed by atoms with van der Waals surface area (Å²) in [4.78, 5) is 11.3. The fraction of sp³-hybridized carbons (Fsp3) is 0.286. The molecule has 1 aromatic carbocycles. The van der Waals surface area contributed by atoms with E-state index in [1.807, 2.05) is 36.5 Å². The third kappa shape index (κ3) is 3.20. The molecule has 1 unspecified atom stereocenters. The molecule has 0 amide bonds. The molecule has 0 saturated carbocycles. The molecular formula is C14H17N3O2. The molecule has 2 N–H and O–H groups in total. The second-order valence-electron chi connectivity index (χ2n) is 4.27. The van der Waals surface area contributed by atoms with Gasteiger partial charge >= 0.3 is 5.97 Å². The van der Waals surface area contributed by atoms with Crippen molar-refractivity contribution >= 4 is 5.97 Å². The van der Waals surface area contributed by atoms with E-state index in [0.29, 0.717) is 6.54 Å². The first kappa shape index (κ1) is 13.3. The molecule has 0 fully saturated rings. The van der Waals surface area contributed by atoms with E-state index in [-0.39, 0.29) is 18.3 Å². The first-order valence-corrected chi connectivity index (χ1v) is 6.11. The van der Waals surface area contributed by atoms with Gasteiger partial charge in [-0.3, -0.25) is 4.79 Å². The summed E-state index contributed by atoms with van der Waals surface area (Å²) in [5.41, 5.74) is 7.63. The van der Waals surface area contributed by atoms with Crippen molar-refractivity contribution in [2.45, 2.75) is 12.3 Å². The fourth-order valence-corrected chi connectivity index (χ4v) is 1.89. The van der Waals surface area contributed by atoms with Crippen LogP contribution in [0.4, 0.5) is 0 Å². The monoisotopic (exact) mass is 259 g/mol. The van der Waals surface area contributed by atoms with Crippen LogP contribution in [-0.4, -0.2) is 29.4 Å². The Bertz CT molecular complexity index is 537. The minimum absolute atomic E-state index is 0.0649. The highest BCUT2D eigenvalue weighted by Gasteiger charge is 2.17. The van der Waals surface area contributed by atoms with Crippen LogP contribution >= 0.6 is 0 Å². The number of esters is 1. The third-order valence-corrected chi connectivity index (χ3v) is 3.02. The molecule has 0 aliphatic carbocycles. The van der Waals surface area contributed by atoms with Gasteiger partial charge in [0.05, 0.1) is 25.4 Å². The Morgan fingerprint density at radius 2 is 2.16 bits per heavy atom. The number of carbonyl (C=O) groups is 1. The van der Waals surface area contributed by atoms with E-state index in [4.69, 9.17) is 5.73 Å². The number of ether oxygens (including phenoxy) is 1. The van der Waals surface area contributed by atoms with Gasteiger partial charge in [-0.1, -0.05) is 18.2 Å². The lowest BCUT2D eigenvalue weighted by Gasteiger charge is -2.10. The Morgan fingerprint density at radius 3 is 2.79 bits per heavy atom. The van der Waals surface area contributed by atoms with Crippen LogP contribution in [0.1, 0.15) is 17.9 Å². The van der Waals surface area contributed by atoms with Crippen LogP contribution in [0.15, 0.2) is 42.7 Å². The van der Waals surface area contributed by atoms with Crippen LogP contribution in [0, 0.1) is 0 Å². The summed E-state index contributed by atoms with van der Waals surface area (Å²) >= 11 is 0. The molecule has 1 heterocycles. The molecule has 0 bridgehead atoms. The highest BCUT2D eigenvalue weighted by Crippen LogP contribution is 2.19. The molecule has 19 heavy (non-hydrogen) atoms. The number of carbonyl (C=O) groups excluding carboxylic acids is 1. The second kappa shape index (κ2) is 6.15. The predicted molar refractivity (Wildman–Crippen MR) is 72.0 cm³/mol. The highest BCUT2D eigenvalue weighted by atomic mass is 16.5. The maximum absolute atomic E-state index is 11.3. The quantitative estimate of drug-likeness (QED) is 0.826. The van der Waals surface area contributed by atoms with E-state index in [1.165, 1.54) is 7.11 Å². The molecule has 0 aliphatic rings. The normalized spacial score (nSPS) is 12.1. The van der Waals surface area contributed by atoms with E-state index in [2.05, 4.69) is 9.84 Å². The van der Waals surface area contributed by atoms with Crippen molar-refractivity contribution in [1.82, 2.24) is 9.78 Å². The lowest BCUT2D eigenvalue weighted by molar-refractivity contribution is -0.141. The SMILES string of the molecule is COC(=O)CC(CN)c1cnn(-c2ccccc2)c1. The zero-order valence-corrected chi connectivity index (χ0v) is 10.8. The first-order chi connectivity index (χ1) is 9.24. The number of methoxy groups -OCH3 is 1. The maximum atomic E-state index is 11.3. The van der Waals surface area contributed by atoms with Gasteiger partial charge in [0.2, 0.25) is 0 Å². The number of benzene rings is 1. The zero-order chi connectivity index (χ0) is 13.7. The number of rotatable bonds is 5. The van der Waals surface area contributed by atoms with Crippen molar-refractivity contribution in [2.24, 2.45) is 5.73 Å². The van der Waals surface area contributed by atoms with Crippen LogP contribution in [0.25, 0.3) is 5.69 Å². The minimum Gasteiger partial charge on any atom is -0.469 e. The maximum Gasteiger partial charge on any atom is 0.306 e. The van der Waals surface area contributed by atoms with Crippen LogP contribution < -0.4 is 5.73 Å². The molecule has 0 spiro atoms. The van der Waals surface area contributed by atoms with Crippen molar-refractivity contribution in [2.75, 3.05) is 13.7 Å². The molecule has 5 nitrogen and oxygen atoms in total. The number of nitrogens with two attached hydrogens (primary N) is 1. The Morgan fingerprint density at radius 1 is 1.42 bits per heavy atom. The average molecular weight is 259 g/mol. The van der Waals surface area contributed by atoms with E-state index in [1.54, 1.807) is 10.9 Å². The van der Waals surface area contributed by atoms with Crippen molar-refractivity contribution in [3.05, 3.63) is 48.3 Å². The van der Waals surface area contributed by atoms with E-state index >= 15 is 0 Å². The number of aromatic nitrogens is 2. The third-order valence-electron chi connectivity index (χ3n) is 3.02. The topological polar surface area (TPSA) is 70.1 Å². The Labute approximate surface area is 112 Å². The lowest BCUT2D eigenvalue weighted by atomic mass is 9.99. The van der Waals surface area contributed by atoms with Gasteiger partial charge in [-0.05, 0) is 24.2 Å². The Balaban J connectivity index is 2.17. The minimum atomic E-state index is -0.261. The standard InChI is InChI=1S/C14H17N3O2/c1-19-14(18)7-11(8-15)12-9-16-17(10-12)13-5-3-2-4-6-13/h2-6,9-11H,7-8,15H2,1H3. The number of nitrogens with zero attached hydrogens (tertiary/aromatic N) is 2. The summed E-state index contributed by atoms with van der Waals surface area (Å²) in [7, 11) is 1.38.